The number of amides is 2. The van der Waals surface area contributed by atoms with Crippen LogP contribution in [0.3, 0.4) is 0 Å². The molecule has 0 aliphatic carbocycles. The molecule has 1 aromatic rings. The van der Waals surface area contributed by atoms with E-state index in [0.717, 1.165) is 63.2 Å². The van der Waals surface area contributed by atoms with E-state index in [2.05, 4.69) is 0 Å². The van der Waals surface area contributed by atoms with Gasteiger partial charge < -0.3 is 14.5 Å². The third-order valence-electron chi connectivity index (χ3n) is 5.19. The number of carbonyl (C=O) groups excluding carboxylic acids is 2. The molecule has 2 aliphatic heterocycles. The molecular weight excluding hydrogens is 316 g/mol. The number of piperidine rings is 2. The molecule has 1 atom stereocenters. The molecule has 3 rings (SSSR count). The van der Waals surface area contributed by atoms with Crippen molar-refractivity contribution < 1.29 is 14.3 Å². The lowest BCUT2D eigenvalue weighted by atomic mass is 9.99. The molecule has 0 bridgehead atoms. The molecule has 0 N–H and O–H groups in total. The normalized spacial score (nSPS) is 21.1. The Balaban J connectivity index is 1.50. The highest BCUT2D eigenvalue weighted by atomic mass is 16.5. The largest absolute Gasteiger partial charge is 0.493 e. The van der Waals surface area contributed by atoms with Gasteiger partial charge in [0.15, 0.2) is 0 Å². The van der Waals surface area contributed by atoms with Crippen molar-refractivity contribution in [1.29, 1.82) is 0 Å². The maximum absolute atomic E-state index is 12.5. The summed E-state index contributed by atoms with van der Waals surface area (Å²) in [6, 6.07) is 7.47. The molecule has 0 aromatic heterocycles. The quantitative estimate of drug-likeness (QED) is 0.844. The average molecular weight is 344 g/mol. The molecule has 2 heterocycles. The second-order valence-corrected chi connectivity index (χ2v) is 7.16. The van der Waals surface area contributed by atoms with Crippen LogP contribution in [0.2, 0.25) is 0 Å². The summed E-state index contributed by atoms with van der Waals surface area (Å²) in [5.41, 5.74) is 0.731. The number of ether oxygens (including phenoxy) is 1. The van der Waals surface area contributed by atoms with Crippen LogP contribution in [0, 0.1) is 5.92 Å². The fourth-order valence-corrected chi connectivity index (χ4v) is 3.67. The SMILES string of the molecule is CC(=O)N1CCC[C@@H](COc2ccc(C(=O)N3CCCCC3)cc2)C1. The minimum atomic E-state index is 0.121. The van der Waals surface area contributed by atoms with Crippen LogP contribution >= 0.6 is 0 Å². The van der Waals surface area contributed by atoms with Crippen LogP contribution in [0.5, 0.6) is 5.75 Å². The molecule has 5 nitrogen and oxygen atoms in total. The van der Waals surface area contributed by atoms with Crippen LogP contribution in [-0.2, 0) is 4.79 Å². The number of hydrogen-bond donors (Lipinski definition) is 0. The summed E-state index contributed by atoms with van der Waals surface area (Å²) in [6.07, 6.45) is 5.56. The summed E-state index contributed by atoms with van der Waals surface area (Å²) in [5.74, 6) is 1.43. The van der Waals surface area contributed by atoms with Gasteiger partial charge in [0.1, 0.15) is 5.75 Å². The van der Waals surface area contributed by atoms with E-state index in [1.807, 2.05) is 34.1 Å². The molecule has 2 amide bonds. The summed E-state index contributed by atoms with van der Waals surface area (Å²) in [5, 5.41) is 0. The van der Waals surface area contributed by atoms with Crippen molar-refractivity contribution in [1.82, 2.24) is 9.80 Å². The second-order valence-electron chi connectivity index (χ2n) is 7.16. The minimum Gasteiger partial charge on any atom is -0.493 e. The van der Waals surface area contributed by atoms with Crippen molar-refractivity contribution >= 4 is 11.8 Å². The van der Waals surface area contributed by atoms with E-state index in [0.29, 0.717) is 12.5 Å². The van der Waals surface area contributed by atoms with Crippen molar-refractivity contribution in [3.8, 4) is 5.75 Å². The molecule has 0 unspecified atom stereocenters. The third kappa shape index (κ3) is 4.74. The fraction of sp³-hybridized carbons (Fsp3) is 0.600. The Morgan fingerprint density at radius 3 is 2.36 bits per heavy atom. The molecule has 1 aromatic carbocycles. The molecule has 2 aliphatic rings. The molecule has 2 saturated heterocycles. The molecule has 0 radical (unpaired) electrons. The van der Waals surface area contributed by atoms with Gasteiger partial charge in [-0.15, -0.1) is 0 Å². The van der Waals surface area contributed by atoms with Gasteiger partial charge in [0, 0.05) is 44.6 Å². The molecule has 0 saturated carbocycles. The smallest absolute Gasteiger partial charge is 0.253 e. The maximum Gasteiger partial charge on any atom is 0.253 e. The van der Waals surface area contributed by atoms with Gasteiger partial charge in [-0.2, -0.15) is 0 Å². The number of benzene rings is 1. The summed E-state index contributed by atoms with van der Waals surface area (Å²) in [7, 11) is 0. The zero-order valence-corrected chi connectivity index (χ0v) is 15.1. The van der Waals surface area contributed by atoms with Crippen molar-refractivity contribution in [2.24, 2.45) is 5.92 Å². The lowest BCUT2D eigenvalue weighted by molar-refractivity contribution is -0.130. The van der Waals surface area contributed by atoms with E-state index in [-0.39, 0.29) is 11.8 Å². The van der Waals surface area contributed by atoms with Crippen molar-refractivity contribution in [3.05, 3.63) is 29.8 Å². The highest BCUT2D eigenvalue weighted by Crippen LogP contribution is 2.20. The summed E-state index contributed by atoms with van der Waals surface area (Å²) in [6.45, 7) is 5.61. The molecule has 5 heteroatoms. The topological polar surface area (TPSA) is 49.9 Å². The van der Waals surface area contributed by atoms with E-state index in [1.54, 1.807) is 6.92 Å². The van der Waals surface area contributed by atoms with Crippen molar-refractivity contribution in [3.63, 3.8) is 0 Å². The highest BCUT2D eigenvalue weighted by molar-refractivity contribution is 5.94. The Labute approximate surface area is 149 Å². The second kappa shape index (κ2) is 8.37. The van der Waals surface area contributed by atoms with Gasteiger partial charge in [-0.3, -0.25) is 9.59 Å². The van der Waals surface area contributed by atoms with E-state index in [4.69, 9.17) is 4.74 Å². The Hall–Kier alpha value is -2.04. The molecule has 25 heavy (non-hydrogen) atoms. The molecule has 2 fully saturated rings. The lowest BCUT2D eigenvalue weighted by Crippen LogP contribution is -2.40. The van der Waals surface area contributed by atoms with Crippen molar-refractivity contribution in [2.45, 2.75) is 39.0 Å². The fourth-order valence-electron chi connectivity index (χ4n) is 3.67. The average Bonchev–Trinajstić information content (AvgIpc) is 2.67. The van der Waals surface area contributed by atoms with Gasteiger partial charge in [0.05, 0.1) is 6.61 Å². The first-order valence-electron chi connectivity index (χ1n) is 9.41. The third-order valence-corrected chi connectivity index (χ3v) is 5.19. The van der Waals surface area contributed by atoms with Crippen molar-refractivity contribution in [2.75, 3.05) is 32.8 Å². The predicted octanol–water partition coefficient (Wildman–Crippen LogP) is 2.95. The van der Waals surface area contributed by atoms with Gasteiger partial charge in [-0.25, -0.2) is 0 Å². The summed E-state index contributed by atoms with van der Waals surface area (Å²) >= 11 is 0. The van der Waals surface area contributed by atoms with Crippen LogP contribution in [-0.4, -0.2) is 54.4 Å². The Morgan fingerprint density at radius 2 is 1.68 bits per heavy atom. The first-order chi connectivity index (χ1) is 12.1. The van der Waals surface area contributed by atoms with Crippen LogP contribution in [0.15, 0.2) is 24.3 Å². The van der Waals surface area contributed by atoms with Gasteiger partial charge in [-0.05, 0) is 56.4 Å². The number of hydrogen-bond acceptors (Lipinski definition) is 3. The monoisotopic (exact) mass is 344 g/mol. The van der Waals surface area contributed by atoms with E-state index >= 15 is 0 Å². The van der Waals surface area contributed by atoms with E-state index in [1.165, 1.54) is 6.42 Å². The highest BCUT2D eigenvalue weighted by Gasteiger charge is 2.22. The number of nitrogens with zero attached hydrogens (tertiary/aromatic N) is 2. The van der Waals surface area contributed by atoms with E-state index < -0.39 is 0 Å². The molecule has 136 valence electrons. The van der Waals surface area contributed by atoms with Gasteiger partial charge in [0.25, 0.3) is 5.91 Å². The van der Waals surface area contributed by atoms with Crippen LogP contribution in [0.4, 0.5) is 0 Å². The Morgan fingerprint density at radius 1 is 1.00 bits per heavy atom. The summed E-state index contributed by atoms with van der Waals surface area (Å²) in [4.78, 5) is 27.8. The first-order valence-corrected chi connectivity index (χ1v) is 9.41. The first kappa shape index (κ1) is 17.8. The maximum atomic E-state index is 12.5. The lowest BCUT2D eigenvalue weighted by Gasteiger charge is -2.31. The number of rotatable bonds is 4. The van der Waals surface area contributed by atoms with Gasteiger partial charge >= 0.3 is 0 Å². The van der Waals surface area contributed by atoms with Crippen LogP contribution in [0.25, 0.3) is 0 Å². The predicted molar refractivity (Wildman–Crippen MR) is 96.7 cm³/mol. The van der Waals surface area contributed by atoms with Crippen LogP contribution in [0.1, 0.15) is 49.4 Å². The summed E-state index contributed by atoms with van der Waals surface area (Å²) < 4.78 is 5.89. The zero-order chi connectivity index (χ0) is 17.6. The van der Waals surface area contributed by atoms with Gasteiger partial charge in [0.2, 0.25) is 5.91 Å². The molecular formula is C20H28N2O3. The zero-order valence-electron chi connectivity index (χ0n) is 15.1. The molecule has 0 spiro atoms. The minimum absolute atomic E-state index is 0.121. The standard InChI is InChI=1S/C20H28N2O3/c1-16(23)22-13-5-6-17(14-22)15-25-19-9-7-18(8-10-19)20(24)21-11-3-2-4-12-21/h7-10,17H,2-6,11-15H2,1H3/t17-/m1/s1. The van der Waals surface area contributed by atoms with Crippen LogP contribution < -0.4 is 4.74 Å². The Bertz CT molecular complexity index is 593. The Kier molecular flexibility index (Phi) is 5.95. The van der Waals surface area contributed by atoms with Gasteiger partial charge in [-0.1, -0.05) is 0 Å². The number of likely N-dealkylation sites (tertiary alicyclic amines) is 2. The van der Waals surface area contributed by atoms with E-state index in [9.17, 15) is 9.59 Å². The number of carbonyl (C=O) groups is 2.